The van der Waals surface area contributed by atoms with Gasteiger partial charge in [0.05, 0.1) is 6.61 Å². The van der Waals surface area contributed by atoms with Crippen molar-refractivity contribution in [3.8, 4) is 11.5 Å². The molecule has 1 amide bonds. The van der Waals surface area contributed by atoms with Crippen LogP contribution in [-0.2, 0) is 11.2 Å². The van der Waals surface area contributed by atoms with Gasteiger partial charge in [0.2, 0.25) is 0 Å². The van der Waals surface area contributed by atoms with Gasteiger partial charge in [-0.25, -0.2) is 9.18 Å². The molecule has 1 atom stereocenters. The van der Waals surface area contributed by atoms with E-state index in [0.717, 1.165) is 27.7 Å². The predicted molar refractivity (Wildman–Crippen MR) is 132 cm³/mol. The van der Waals surface area contributed by atoms with E-state index in [0.29, 0.717) is 37.0 Å². The summed E-state index contributed by atoms with van der Waals surface area (Å²) in [4.78, 5) is 18.5. The molecule has 0 saturated carbocycles. The molecule has 1 aromatic heterocycles. The van der Waals surface area contributed by atoms with Gasteiger partial charge in [0.15, 0.2) is 0 Å². The molecule has 3 aromatic carbocycles. The molecular weight excluding hydrogens is 471 g/mol. The molecule has 0 aliphatic carbocycles. The number of carbonyl (C=O) groups excluding carboxylic acids is 1. The highest BCUT2D eigenvalue weighted by molar-refractivity contribution is 6.31. The maximum Gasteiger partial charge on any atom is 0.416 e. The molecule has 1 unspecified atom stereocenters. The monoisotopic (exact) mass is 494 g/mol. The first-order valence-electron chi connectivity index (χ1n) is 11.3. The van der Waals surface area contributed by atoms with Crippen LogP contribution in [-0.4, -0.2) is 42.8 Å². The number of nitrogens with zero attached hydrogens (tertiary/aromatic N) is 1. The zero-order valence-corrected chi connectivity index (χ0v) is 19.8. The number of amides is 1. The summed E-state index contributed by atoms with van der Waals surface area (Å²) >= 11 is 6.27. The van der Waals surface area contributed by atoms with Crippen molar-refractivity contribution >= 4 is 28.6 Å². The normalized spacial score (nSPS) is 15.2. The predicted octanol–water partition coefficient (Wildman–Crippen LogP) is 6.13. The highest BCUT2D eigenvalue weighted by Crippen LogP contribution is 2.40. The topological polar surface area (TPSA) is 63.8 Å². The zero-order chi connectivity index (χ0) is 24.4. The van der Waals surface area contributed by atoms with Crippen molar-refractivity contribution < 1.29 is 23.4 Å². The minimum absolute atomic E-state index is 0.284. The fourth-order valence-electron chi connectivity index (χ4n) is 4.46. The minimum atomic E-state index is -0.510. The van der Waals surface area contributed by atoms with Crippen molar-refractivity contribution in [2.75, 3.05) is 26.9 Å². The van der Waals surface area contributed by atoms with Crippen LogP contribution in [0, 0.1) is 5.82 Å². The van der Waals surface area contributed by atoms with Crippen molar-refractivity contribution in [3.63, 3.8) is 0 Å². The Balaban J connectivity index is 1.51. The molecule has 2 heterocycles. The number of nitrogens with one attached hydrogen (secondary N) is 1. The van der Waals surface area contributed by atoms with Crippen molar-refractivity contribution in [2.24, 2.45) is 0 Å². The van der Waals surface area contributed by atoms with E-state index in [4.69, 9.17) is 25.8 Å². The van der Waals surface area contributed by atoms with Crippen molar-refractivity contribution in [3.05, 3.63) is 94.4 Å². The summed E-state index contributed by atoms with van der Waals surface area (Å²) in [5.41, 5.74) is 3.90. The number of rotatable bonds is 6. The third-order valence-electron chi connectivity index (χ3n) is 6.09. The van der Waals surface area contributed by atoms with Gasteiger partial charge in [-0.3, -0.25) is 4.90 Å². The second-order valence-corrected chi connectivity index (χ2v) is 8.72. The first-order chi connectivity index (χ1) is 17.0. The summed E-state index contributed by atoms with van der Waals surface area (Å²) in [5, 5.41) is 1.70. The van der Waals surface area contributed by atoms with E-state index in [1.807, 2.05) is 42.5 Å². The van der Waals surface area contributed by atoms with Crippen LogP contribution < -0.4 is 9.47 Å². The molecular formula is C27H24ClFN2O4. The minimum Gasteiger partial charge on any atom is -0.491 e. The van der Waals surface area contributed by atoms with Gasteiger partial charge in [0, 0.05) is 35.3 Å². The van der Waals surface area contributed by atoms with Crippen LogP contribution in [0.5, 0.6) is 11.5 Å². The third-order valence-corrected chi connectivity index (χ3v) is 6.33. The van der Waals surface area contributed by atoms with Crippen LogP contribution in [0.15, 0.2) is 66.7 Å². The van der Waals surface area contributed by atoms with Crippen molar-refractivity contribution in [1.29, 1.82) is 0 Å². The molecule has 0 bridgehead atoms. The van der Waals surface area contributed by atoms with Gasteiger partial charge in [-0.2, -0.15) is 0 Å². The maximum atomic E-state index is 13.3. The first-order valence-corrected chi connectivity index (χ1v) is 11.7. The molecule has 4 aromatic rings. The second kappa shape index (κ2) is 9.98. The molecule has 6 nitrogen and oxygen atoms in total. The number of carbonyl (C=O) groups is 1. The number of H-pyrrole nitrogens is 1. The Labute approximate surface area is 207 Å². The molecule has 0 fully saturated rings. The summed E-state index contributed by atoms with van der Waals surface area (Å²) in [6.07, 6.45) is 0.132. The SMILES string of the molecule is COCCOc1ccc(C2c3[nH]c4ccc(Cl)cc4c3CCN2C(=O)Oc2ccc(F)cc2)cc1. The van der Waals surface area contributed by atoms with Crippen LogP contribution in [0.1, 0.15) is 22.9 Å². The van der Waals surface area contributed by atoms with Gasteiger partial charge >= 0.3 is 6.09 Å². The van der Waals surface area contributed by atoms with E-state index in [-0.39, 0.29) is 5.75 Å². The molecule has 8 heteroatoms. The maximum absolute atomic E-state index is 13.3. The zero-order valence-electron chi connectivity index (χ0n) is 19.1. The van der Waals surface area contributed by atoms with Gasteiger partial charge in [-0.15, -0.1) is 0 Å². The van der Waals surface area contributed by atoms with E-state index < -0.39 is 18.0 Å². The third kappa shape index (κ3) is 4.83. The fourth-order valence-corrected chi connectivity index (χ4v) is 4.63. The first kappa shape index (κ1) is 23.2. The Morgan fingerprint density at radius 3 is 2.54 bits per heavy atom. The van der Waals surface area contributed by atoms with E-state index in [9.17, 15) is 9.18 Å². The summed E-state index contributed by atoms with van der Waals surface area (Å²) in [6.45, 7) is 1.39. The molecule has 0 radical (unpaired) electrons. The number of benzene rings is 3. The summed E-state index contributed by atoms with van der Waals surface area (Å²) in [5.74, 6) is 0.604. The largest absolute Gasteiger partial charge is 0.491 e. The summed E-state index contributed by atoms with van der Waals surface area (Å²) in [7, 11) is 1.63. The fraction of sp³-hybridized carbons (Fsp3) is 0.222. The highest BCUT2D eigenvalue weighted by atomic mass is 35.5. The standard InChI is InChI=1S/C27H24ClFN2O4/c1-33-14-15-34-20-7-2-17(3-8-20)26-25-22(23-16-18(28)4-11-24(23)30-25)12-13-31(26)27(32)35-21-9-5-19(29)6-10-21/h2-11,16,26,30H,12-15H2,1H3. The second-order valence-electron chi connectivity index (χ2n) is 8.29. The average molecular weight is 495 g/mol. The summed E-state index contributed by atoms with van der Waals surface area (Å²) in [6, 6.07) is 18.4. The van der Waals surface area contributed by atoms with Crippen LogP contribution in [0.3, 0.4) is 0 Å². The molecule has 180 valence electrons. The highest BCUT2D eigenvalue weighted by Gasteiger charge is 2.35. The Morgan fingerprint density at radius 1 is 1.06 bits per heavy atom. The van der Waals surface area contributed by atoms with Crippen LogP contribution >= 0.6 is 11.6 Å². The van der Waals surface area contributed by atoms with Crippen molar-refractivity contribution in [2.45, 2.75) is 12.5 Å². The lowest BCUT2D eigenvalue weighted by molar-refractivity contribution is 0.135. The van der Waals surface area contributed by atoms with Crippen LogP contribution in [0.2, 0.25) is 5.02 Å². The van der Waals surface area contributed by atoms with Gasteiger partial charge in [0.1, 0.15) is 30.0 Å². The van der Waals surface area contributed by atoms with Gasteiger partial charge < -0.3 is 19.2 Å². The Morgan fingerprint density at radius 2 is 1.80 bits per heavy atom. The Bertz CT molecular complexity index is 1340. The lowest BCUT2D eigenvalue weighted by Gasteiger charge is -2.35. The average Bonchev–Trinajstić information content (AvgIpc) is 3.23. The number of hydrogen-bond donors (Lipinski definition) is 1. The number of aromatic nitrogens is 1. The van der Waals surface area contributed by atoms with E-state index in [1.165, 1.54) is 24.3 Å². The smallest absolute Gasteiger partial charge is 0.416 e. The number of halogens is 2. The van der Waals surface area contributed by atoms with E-state index in [2.05, 4.69) is 4.98 Å². The quantitative estimate of drug-likeness (QED) is 0.327. The Kier molecular flexibility index (Phi) is 6.61. The molecule has 1 N–H and O–H groups in total. The lowest BCUT2D eigenvalue weighted by atomic mass is 9.92. The van der Waals surface area contributed by atoms with E-state index >= 15 is 0 Å². The van der Waals surface area contributed by atoms with Gasteiger partial charge in [0.25, 0.3) is 0 Å². The number of fused-ring (bicyclic) bond motifs is 3. The number of methoxy groups -OCH3 is 1. The van der Waals surface area contributed by atoms with Crippen molar-refractivity contribution in [1.82, 2.24) is 9.88 Å². The molecule has 1 aliphatic rings. The molecule has 0 spiro atoms. The molecule has 0 saturated heterocycles. The molecule has 5 rings (SSSR count). The van der Waals surface area contributed by atoms with Crippen LogP contribution in [0.25, 0.3) is 10.9 Å². The van der Waals surface area contributed by atoms with Crippen LogP contribution in [0.4, 0.5) is 9.18 Å². The summed E-state index contributed by atoms with van der Waals surface area (Å²) < 4.78 is 29.6. The van der Waals surface area contributed by atoms with Gasteiger partial charge in [-0.1, -0.05) is 23.7 Å². The molecule has 1 aliphatic heterocycles. The number of aromatic amines is 1. The number of ether oxygens (including phenoxy) is 3. The number of hydrogen-bond acceptors (Lipinski definition) is 4. The Hall–Kier alpha value is -3.55. The lowest BCUT2D eigenvalue weighted by Crippen LogP contribution is -2.42. The van der Waals surface area contributed by atoms with E-state index in [1.54, 1.807) is 12.0 Å². The molecule has 35 heavy (non-hydrogen) atoms. The van der Waals surface area contributed by atoms with Gasteiger partial charge in [-0.05, 0) is 72.1 Å².